The van der Waals surface area contributed by atoms with Gasteiger partial charge in [-0.3, -0.25) is 0 Å². The minimum Gasteiger partial charge on any atom is -0.309 e. The van der Waals surface area contributed by atoms with Crippen LogP contribution in [0, 0.1) is 20.8 Å². The fourth-order valence-electron chi connectivity index (χ4n) is 7.78. The SMILES string of the molecule is CC.CC.Cc1ccc2c(N(c3ccccc3)c3cccc4ccccc34)c3cc(C)c(C)cc3c(N(c3ccccc3)c3cccc4ccccc34)c2c1. The summed E-state index contributed by atoms with van der Waals surface area (Å²) in [5.41, 5.74) is 10.7. The topological polar surface area (TPSA) is 6.48 Å². The number of benzene rings is 9. The van der Waals surface area contributed by atoms with Crippen molar-refractivity contribution in [2.24, 2.45) is 0 Å². The van der Waals surface area contributed by atoms with Crippen molar-refractivity contribution in [3.63, 3.8) is 0 Å². The monoisotopic (exact) mass is 714 g/mol. The molecular formula is C53H50N2. The van der Waals surface area contributed by atoms with Crippen molar-refractivity contribution in [1.82, 2.24) is 0 Å². The molecule has 2 heteroatoms. The molecule has 0 bridgehead atoms. The van der Waals surface area contributed by atoms with Crippen LogP contribution in [-0.4, -0.2) is 0 Å². The summed E-state index contributed by atoms with van der Waals surface area (Å²) in [4.78, 5) is 4.99. The number of hydrogen-bond donors (Lipinski definition) is 0. The summed E-state index contributed by atoms with van der Waals surface area (Å²) in [5.74, 6) is 0. The van der Waals surface area contributed by atoms with E-state index in [0.29, 0.717) is 0 Å². The number of nitrogens with zero attached hydrogens (tertiary/aromatic N) is 2. The maximum atomic E-state index is 2.50. The maximum Gasteiger partial charge on any atom is 0.0620 e. The minimum atomic E-state index is 1.12. The molecule has 0 saturated heterocycles. The molecule has 0 fully saturated rings. The van der Waals surface area contributed by atoms with Gasteiger partial charge in [0, 0.05) is 43.7 Å². The summed E-state index contributed by atoms with van der Waals surface area (Å²) in [6, 6.07) is 64.3. The fourth-order valence-corrected chi connectivity index (χ4v) is 7.78. The molecule has 0 saturated carbocycles. The zero-order chi connectivity index (χ0) is 38.5. The molecule has 272 valence electrons. The first-order chi connectivity index (χ1) is 27.1. The van der Waals surface area contributed by atoms with Gasteiger partial charge in [-0.1, -0.05) is 155 Å². The van der Waals surface area contributed by atoms with Gasteiger partial charge in [0.1, 0.15) is 0 Å². The molecule has 0 unspecified atom stereocenters. The molecule has 0 aliphatic rings. The van der Waals surface area contributed by atoms with Crippen LogP contribution >= 0.6 is 0 Å². The molecule has 0 heterocycles. The number of rotatable bonds is 6. The van der Waals surface area contributed by atoms with Gasteiger partial charge in [0.2, 0.25) is 0 Å². The third-order valence-corrected chi connectivity index (χ3v) is 10.3. The quantitative estimate of drug-likeness (QED) is 0.125. The molecule has 0 N–H and O–H groups in total. The molecule has 0 atom stereocenters. The molecule has 0 spiro atoms. The van der Waals surface area contributed by atoms with Gasteiger partial charge in [-0.2, -0.15) is 0 Å². The molecule has 0 radical (unpaired) electrons. The number of hydrogen-bond acceptors (Lipinski definition) is 2. The Kier molecular flexibility index (Phi) is 11.0. The molecule has 0 aliphatic heterocycles. The molecular weight excluding hydrogens is 665 g/mol. The van der Waals surface area contributed by atoms with E-state index < -0.39 is 0 Å². The Bertz CT molecular complexity index is 2720. The molecule has 2 nitrogen and oxygen atoms in total. The minimum absolute atomic E-state index is 1.12. The van der Waals surface area contributed by atoms with E-state index in [1.165, 1.54) is 71.2 Å². The van der Waals surface area contributed by atoms with Crippen LogP contribution < -0.4 is 9.80 Å². The van der Waals surface area contributed by atoms with E-state index >= 15 is 0 Å². The Hall–Kier alpha value is -6.38. The number of fused-ring (bicyclic) bond motifs is 4. The summed E-state index contributed by atoms with van der Waals surface area (Å²) >= 11 is 0. The van der Waals surface area contributed by atoms with E-state index in [1.807, 2.05) is 27.7 Å². The van der Waals surface area contributed by atoms with Crippen molar-refractivity contribution >= 4 is 77.2 Å². The molecule has 9 aromatic carbocycles. The number of anilines is 6. The third kappa shape index (κ3) is 6.81. The van der Waals surface area contributed by atoms with Gasteiger partial charge in [0.15, 0.2) is 0 Å². The summed E-state index contributed by atoms with van der Waals surface area (Å²) < 4.78 is 0. The Morgan fingerprint density at radius 3 is 1.16 bits per heavy atom. The van der Waals surface area contributed by atoms with Crippen molar-refractivity contribution < 1.29 is 0 Å². The van der Waals surface area contributed by atoms with Crippen molar-refractivity contribution in [2.45, 2.75) is 48.5 Å². The van der Waals surface area contributed by atoms with E-state index in [2.05, 4.69) is 206 Å². The lowest BCUT2D eigenvalue weighted by Crippen LogP contribution is -2.15. The van der Waals surface area contributed by atoms with Crippen LogP contribution in [0.5, 0.6) is 0 Å². The van der Waals surface area contributed by atoms with Gasteiger partial charge in [-0.25, -0.2) is 0 Å². The molecule has 9 rings (SSSR count). The van der Waals surface area contributed by atoms with E-state index in [4.69, 9.17) is 0 Å². The van der Waals surface area contributed by atoms with Crippen LogP contribution in [-0.2, 0) is 0 Å². The first-order valence-electron chi connectivity index (χ1n) is 19.7. The average Bonchev–Trinajstić information content (AvgIpc) is 3.25. The summed E-state index contributed by atoms with van der Waals surface area (Å²) in [6.07, 6.45) is 0. The van der Waals surface area contributed by atoms with Gasteiger partial charge in [0.25, 0.3) is 0 Å². The molecule has 55 heavy (non-hydrogen) atoms. The summed E-state index contributed by atoms with van der Waals surface area (Å²) in [6.45, 7) is 14.7. The highest BCUT2D eigenvalue weighted by Gasteiger charge is 2.27. The first-order valence-corrected chi connectivity index (χ1v) is 19.7. The lowest BCUT2D eigenvalue weighted by molar-refractivity contribution is 1.30. The molecule has 9 aromatic rings. The Labute approximate surface area is 326 Å². The lowest BCUT2D eigenvalue weighted by atomic mass is 9.91. The zero-order valence-corrected chi connectivity index (χ0v) is 33.1. The Morgan fingerprint density at radius 2 is 0.691 bits per heavy atom. The highest BCUT2D eigenvalue weighted by Crippen LogP contribution is 2.53. The number of aryl methyl sites for hydroxylation is 3. The second-order valence-electron chi connectivity index (χ2n) is 13.6. The zero-order valence-electron chi connectivity index (χ0n) is 33.1. The fraction of sp³-hybridized carbons (Fsp3) is 0.132. The van der Waals surface area contributed by atoms with E-state index in [9.17, 15) is 0 Å². The standard InChI is InChI=1S/C49H38N2.2C2H6/c1-33-28-29-42-43(30-33)49(51(39-22-8-5-9-23-39)47-27-15-19-37-17-11-13-25-41(37)47)45-32-35(3)34(2)31-44(45)48(42)50(38-20-6-4-7-21-38)46-26-14-18-36-16-10-12-24-40(36)46;2*1-2/h4-32H,1-3H3;2*1-2H3. The van der Waals surface area contributed by atoms with Crippen LogP contribution in [0.15, 0.2) is 176 Å². The van der Waals surface area contributed by atoms with E-state index in [1.54, 1.807) is 0 Å². The third-order valence-electron chi connectivity index (χ3n) is 10.3. The average molecular weight is 715 g/mol. The predicted molar refractivity (Wildman–Crippen MR) is 243 cm³/mol. The normalized spacial score (nSPS) is 10.8. The van der Waals surface area contributed by atoms with Gasteiger partial charge >= 0.3 is 0 Å². The highest BCUT2D eigenvalue weighted by molar-refractivity contribution is 6.25. The molecule has 0 aliphatic carbocycles. The van der Waals surface area contributed by atoms with Crippen molar-refractivity contribution in [1.29, 1.82) is 0 Å². The highest BCUT2D eigenvalue weighted by atomic mass is 15.2. The van der Waals surface area contributed by atoms with Crippen molar-refractivity contribution in [2.75, 3.05) is 9.80 Å². The second kappa shape index (κ2) is 16.3. The van der Waals surface area contributed by atoms with Gasteiger partial charge in [-0.05, 0) is 97.3 Å². The van der Waals surface area contributed by atoms with Gasteiger partial charge < -0.3 is 9.80 Å². The summed E-state index contributed by atoms with van der Waals surface area (Å²) in [7, 11) is 0. The first kappa shape index (κ1) is 37.0. The number of para-hydroxylation sites is 2. The lowest BCUT2D eigenvalue weighted by Gasteiger charge is -2.34. The van der Waals surface area contributed by atoms with Crippen molar-refractivity contribution in [3.8, 4) is 0 Å². The van der Waals surface area contributed by atoms with Gasteiger partial charge in [0.05, 0.1) is 22.7 Å². The van der Waals surface area contributed by atoms with Gasteiger partial charge in [-0.15, -0.1) is 0 Å². The Balaban J connectivity index is 0.00000113. The molecule has 0 amide bonds. The van der Waals surface area contributed by atoms with Crippen LogP contribution in [0.4, 0.5) is 34.1 Å². The Morgan fingerprint density at radius 1 is 0.309 bits per heavy atom. The second-order valence-corrected chi connectivity index (χ2v) is 13.6. The van der Waals surface area contributed by atoms with Crippen molar-refractivity contribution in [3.05, 3.63) is 193 Å². The van der Waals surface area contributed by atoms with Crippen LogP contribution in [0.25, 0.3) is 43.1 Å². The molecule has 0 aromatic heterocycles. The van der Waals surface area contributed by atoms with Crippen LogP contribution in [0.3, 0.4) is 0 Å². The summed E-state index contributed by atoms with van der Waals surface area (Å²) in [5, 5.41) is 9.69. The van der Waals surface area contributed by atoms with Crippen LogP contribution in [0.2, 0.25) is 0 Å². The van der Waals surface area contributed by atoms with E-state index in [-0.39, 0.29) is 0 Å². The van der Waals surface area contributed by atoms with Crippen LogP contribution in [0.1, 0.15) is 44.4 Å². The largest absolute Gasteiger partial charge is 0.309 e. The predicted octanol–water partition coefficient (Wildman–Crippen LogP) is 16.2. The maximum absolute atomic E-state index is 2.50. The smallest absolute Gasteiger partial charge is 0.0620 e. The van der Waals surface area contributed by atoms with E-state index in [0.717, 1.165) is 22.7 Å².